The Bertz CT molecular complexity index is 961. The van der Waals surface area contributed by atoms with Crippen molar-refractivity contribution >= 4 is 11.6 Å². The highest BCUT2D eigenvalue weighted by molar-refractivity contribution is 5.76. The van der Waals surface area contributed by atoms with Crippen LogP contribution < -0.4 is 10.2 Å². The van der Waals surface area contributed by atoms with Crippen LogP contribution in [-0.2, 0) is 17.6 Å². The molecular formula is C25H30N4O2. The first-order valence-electron chi connectivity index (χ1n) is 11.2. The van der Waals surface area contributed by atoms with Gasteiger partial charge in [-0.05, 0) is 55.0 Å². The van der Waals surface area contributed by atoms with Crippen LogP contribution in [0.5, 0.6) is 0 Å². The molecule has 0 aliphatic carbocycles. The van der Waals surface area contributed by atoms with Crippen LogP contribution in [0.25, 0.3) is 11.4 Å². The molecule has 2 heterocycles. The summed E-state index contributed by atoms with van der Waals surface area (Å²) in [6.07, 6.45) is 4.09. The van der Waals surface area contributed by atoms with Crippen LogP contribution in [0.2, 0.25) is 0 Å². The van der Waals surface area contributed by atoms with E-state index in [4.69, 9.17) is 4.52 Å². The van der Waals surface area contributed by atoms with Crippen LogP contribution in [0.3, 0.4) is 0 Å². The van der Waals surface area contributed by atoms with Gasteiger partial charge in [-0.25, -0.2) is 0 Å². The first-order chi connectivity index (χ1) is 15.2. The lowest BCUT2D eigenvalue weighted by atomic mass is 9.98. The standard InChI is InChI=1S/C25H30N4O2/c1-19-14-17-29(18-15-19)22-9-7-21(8-10-22)25-27-24(31-28-25)12-11-23(30)26-16-13-20-5-3-2-4-6-20/h2-10,19H,11-18H2,1H3,(H,26,30). The van der Waals surface area contributed by atoms with Crippen LogP contribution in [-0.4, -0.2) is 35.7 Å². The first-order valence-corrected chi connectivity index (χ1v) is 11.2. The van der Waals surface area contributed by atoms with E-state index in [0.717, 1.165) is 31.0 Å². The van der Waals surface area contributed by atoms with Crippen molar-refractivity contribution in [2.45, 2.75) is 39.0 Å². The predicted molar refractivity (Wildman–Crippen MR) is 122 cm³/mol. The number of rotatable bonds is 8. The van der Waals surface area contributed by atoms with Crippen molar-refractivity contribution in [1.82, 2.24) is 15.5 Å². The molecule has 1 aliphatic heterocycles. The van der Waals surface area contributed by atoms with Gasteiger partial charge < -0.3 is 14.7 Å². The Kier molecular flexibility index (Phi) is 6.97. The normalized spacial score (nSPS) is 14.5. The van der Waals surface area contributed by atoms with Gasteiger partial charge in [-0.1, -0.05) is 42.4 Å². The highest BCUT2D eigenvalue weighted by atomic mass is 16.5. The van der Waals surface area contributed by atoms with Crippen LogP contribution >= 0.6 is 0 Å². The summed E-state index contributed by atoms with van der Waals surface area (Å²) >= 11 is 0. The second-order valence-electron chi connectivity index (χ2n) is 8.31. The number of nitrogens with one attached hydrogen (secondary N) is 1. The Hall–Kier alpha value is -3.15. The van der Waals surface area contributed by atoms with Gasteiger partial charge in [0.1, 0.15) is 0 Å². The quantitative estimate of drug-likeness (QED) is 0.592. The lowest BCUT2D eigenvalue weighted by Gasteiger charge is -2.32. The molecule has 0 bridgehead atoms. The Labute approximate surface area is 183 Å². The molecule has 162 valence electrons. The number of benzene rings is 2. The molecular weight excluding hydrogens is 388 g/mol. The number of amides is 1. The summed E-state index contributed by atoms with van der Waals surface area (Å²) < 4.78 is 5.35. The number of hydrogen-bond acceptors (Lipinski definition) is 5. The van der Waals surface area contributed by atoms with Crippen molar-refractivity contribution in [2.24, 2.45) is 5.92 Å². The Balaban J connectivity index is 1.24. The molecule has 0 atom stereocenters. The third-order valence-corrected chi connectivity index (χ3v) is 5.89. The van der Waals surface area contributed by atoms with E-state index in [1.165, 1.54) is 24.1 Å². The van der Waals surface area contributed by atoms with E-state index in [2.05, 4.69) is 51.5 Å². The van der Waals surface area contributed by atoms with E-state index in [-0.39, 0.29) is 5.91 Å². The molecule has 1 saturated heterocycles. The summed E-state index contributed by atoms with van der Waals surface area (Å²) in [6.45, 7) is 5.17. The number of carbonyl (C=O) groups is 1. The fraction of sp³-hybridized carbons (Fsp3) is 0.400. The van der Waals surface area contributed by atoms with E-state index in [0.29, 0.717) is 31.1 Å². The highest BCUT2D eigenvalue weighted by Crippen LogP contribution is 2.25. The number of hydrogen-bond donors (Lipinski definition) is 1. The number of aromatic nitrogens is 2. The van der Waals surface area contributed by atoms with Gasteiger partial charge in [0.25, 0.3) is 0 Å². The third kappa shape index (κ3) is 5.94. The molecule has 6 heteroatoms. The van der Waals surface area contributed by atoms with Gasteiger partial charge in [0.15, 0.2) is 0 Å². The van der Waals surface area contributed by atoms with Crippen LogP contribution in [0, 0.1) is 5.92 Å². The SMILES string of the molecule is CC1CCN(c2ccc(-c3noc(CCC(=O)NCCc4ccccc4)n3)cc2)CC1. The fourth-order valence-corrected chi connectivity index (χ4v) is 3.86. The van der Waals surface area contributed by atoms with Crippen molar-refractivity contribution in [3.8, 4) is 11.4 Å². The van der Waals surface area contributed by atoms with Gasteiger partial charge >= 0.3 is 0 Å². The molecule has 1 amide bonds. The summed E-state index contributed by atoms with van der Waals surface area (Å²) in [4.78, 5) is 19.0. The van der Waals surface area contributed by atoms with Gasteiger partial charge in [0.2, 0.25) is 17.6 Å². The van der Waals surface area contributed by atoms with E-state index in [1.807, 2.05) is 30.3 Å². The summed E-state index contributed by atoms with van der Waals surface area (Å²) in [6, 6.07) is 18.5. The molecule has 1 aromatic heterocycles. The number of piperidine rings is 1. The number of nitrogens with zero attached hydrogens (tertiary/aromatic N) is 3. The summed E-state index contributed by atoms with van der Waals surface area (Å²) in [5.74, 6) is 1.87. The summed E-state index contributed by atoms with van der Waals surface area (Å²) in [5, 5.41) is 7.03. The minimum atomic E-state index is -0.00381. The molecule has 31 heavy (non-hydrogen) atoms. The maximum atomic E-state index is 12.1. The zero-order valence-electron chi connectivity index (χ0n) is 18.1. The molecule has 4 rings (SSSR count). The number of aryl methyl sites for hydroxylation is 1. The average Bonchev–Trinajstić information content (AvgIpc) is 3.28. The molecule has 0 spiro atoms. The van der Waals surface area contributed by atoms with Crippen LogP contribution in [0.1, 0.15) is 37.6 Å². The van der Waals surface area contributed by atoms with Crippen molar-refractivity contribution in [2.75, 3.05) is 24.5 Å². The van der Waals surface area contributed by atoms with Crippen LogP contribution in [0.4, 0.5) is 5.69 Å². The molecule has 0 radical (unpaired) electrons. The van der Waals surface area contributed by atoms with E-state index < -0.39 is 0 Å². The monoisotopic (exact) mass is 418 g/mol. The van der Waals surface area contributed by atoms with Crippen molar-refractivity contribution in [1.29, 1.82) is 0 Å². The molecule has 1 fully saturated rings. The average molecular weight is 419 g/mol. The van der Waals surface area contributed by atoms with E-state index in [9.17, 15) is 4.79 Å². The Morgan fingerprint density at radius 3 is 2.55 bits per heavy atom. The van der Waals surface area contributed by atoms with Crippen molar-refractivity contribution in [3.63, 3.8) is 0 Å². The van der Waals surface area contributed by atoms with E-state index in [1.54, 1.807) is 0 Å². The maximum Gasteiger partial charge on any atom is 0.227 e. The second kappa shape index (κ2) is 10.2. The smallest absolute Gasteiger partial charge is 0.227 e. The maximum absolute atomic E-state index is 12.1. The molecule has 0 saturated carbocycles. The summed E-state index contributed by atoms with van der Waals surface area (Å²) in [7, 11) is 0. The molecule has 6 nitrogen and oxygen atoms in total. The van der Waals surface area contributed by atoms with E-state index >= 15 is 0 Å². The topological polar surface area (TPSA) is 71.3 Å². The fourth-order valence-electron chi connectivity index (χ4n) is 3.86. The minimum absolute atomic E-state index is 0.00381. The second-order valence-corrected chi connectivity index (χ2v) is 8.31. The van der Waals surface area contributed by atoms with Crippen molar-refractivity contribution in [3.05, 3.63) is 66.1 Å². The molecule has 2 aromatic carbocycles. The Morgan fingerprint density at radius 2 is 1.81 bits per heavy atom. The number of anilines is 1. The zero-order valence-corrected chi connectivity index (χ0v) is 18.1. The Morgan fingerprint density at radius 1 is 1.06 bits per heavy atom. The predicted octanol–water partition coefficient (Wildman–Crippen LogP) is 4.26. The minimum Gasteiger partial charge on any atom is -0.372 e. The van der Waals surface area contributed by atoms with Crippen LogP contribution in [0.15, 0.2) is 59.1 Å². The van der Waals surface area contributed by atoms with Gasteiger partial charge in [0, 0.05) is 43.7 Å². The van der Waals surface area contributed by atoms with Gasteiger partial charge in [0.05, 0.1) is 0 Å². The van der Waals surface area contributed by atoms with Gasteiger partial charge in [-0.2, -0.15) is 4.98 Å². The molecule has 0 unspecified atom stereocenters. The lowest BCUT2D eigenvalue weighted by molar-refractivity contribution is -0.121. The highest BCUT2D eigenvalue weighted by Gasteiger charge is 2.16. The van der Waals surface area contributed by atoms with Gasteiger partial charge in [-0.3, -0.25) is 4.79 Å². The van der Waals surface area contributed by atoms with Gasteiger partial charge in [-0.15, -0.1) is 0 Å². The number of carbonyl (C=O) groups excluding carboxylic acids is 1. The summed E-state index contributed by atoms with van der Waals surface area (Å²) in [5.41, 5.74) is 3.38. The van der Waals surface area contributed by atoms with Crippen molar-refractivity contribution < 1.29 is 9.32 Å². The molecule has 3 aromatic rings. The lowest BCUT2D eigenvalue weighted by Crippen LogP contribution is -2.32. The third-order valence-electron chi connectivity index (χ3n) is 5.89. The first kappa shape index (κ1) is 21.1. The molecule has 1 N–H and O–H groups in total. The zero-order chi connectivity index (χ0) is 21.5. The molecule has 1 aliphatic rings. The largest absolute Gasteiger partial charge is 0.372 e.